The SMILES string of the molecule is O=C(Nc1nc(CN2CCCCC2)cs1)C1CCN(C(=O)c2ccc(F)cc2F)CC1. The van der Waals surface area contributed by atoms with Gasteiger partial charge in [-0.3, -0.25) is 14.5 Å². The highest BCUT2D eigenvalue weighted by molar-refractivity contribution is 7.13. The Balaban J connectivity index is 1.27. The molecule has 0 bridgehead atoms. The minimum atomic E-state index is -0.867. The first-order valence-corrected chi connectivity index (χ1v) is 11.6. The molecule has 0 radical (unpaired) electrons. The zero-order valence-corrected chi connectivity index (χ0v) is 18.1. The molecule has 31 heavy (non-hydrogen) atoms. The minimum absolute atomic E-state index is 0.0982. The number of rotatable bonds is 5. The zero-order valence-electron chi connectivity index (χ0n) is 17.3. The van der Waals surface area contributed by atoms with Crippen molar-refractivity contribution < 1.29 is 18.4 Å². The van der Waals surface area contributed by atoms with Gasteiger partial charge in [-0.05, 0) is 50.9 Å². The maximum atomic E-state index is 13.9. The molecular formula is C22H26F2N4O2S. The number of likely N-dealkylation sites (tertiary alicyclic amines) is 2. The number of hydrogen-bond acceptors (Lipinski definition) is 5. The molecule has 0 unspecified atom stereocenters. The first kappa shape index (κ1) is 21.8. The summed E-state index contributed by atoms with van der Waals surface area (Å²) in [7, 11) is 0. The molecule has 2 aromatic rings. The molecule has 2 aliphatic rings. The van der Waals surface area contributed by atoms with E-state index in [1.165, 1.54) is 35.5 Å². The summed E-state index contributed by atoms with van der Waals surface area (Å²) in [5.74, 6) is -2.38. The van der Waals surface area contributed by atoms with Gasteiger partial charge < -0.3 is 10.2 Å². The van der Waals surface area contributed by atoms with E-state index in [0.29, 0.717) is 37.1 Å². The summed E-state index contributed by atoms with van der Waals surface area (Å²) in [5, 5.41) is 5.49. The number of thiazole rings is 1. The summed E-state index contributed by atoms with van der Waals surface area (Å²) in [6.45, 7) is 3.71. The van der Waals surface area contributed by atoms with Crippen LogP contribution in [0.2, 0.25) is 0 Å². The Kier molecular flexibility index (Phi) is 6.92. The van der Waals surface area contributed by atoms with E-state index in [4.69, 9.17) is 0 Å². The van der Waals surface area contributed by atoms with Crippen molar-refractivity contribution in [2.75, 3.05) is 31.5 Å². The molecule has 0 saturated carbocycles. The fourth-order valence-corrected chi connectivity index (χ4v) is 4.87. The van der Waals surface area contributed by atoms with Crippen molar-refractivity contribution >= 4 is 28.3 Å². The van der Waals surface area contributed by atoms with E-state index in [1.54, 1.807) is 0 Å². The second-order valence-corrected chi connectivity index (χ2v) is 9.02. The maximum absolute atomic E-state index is 13.9. The Morgan fingerprint density at radius 2 is 1.84 bits per heavy atom. The third-order valence-electron chi connectivity index (χ3n) is 5.93. The molecule has 2 aliphatic heterocycles. The first-order chi connectivity index (χ1) is 15.0. The van der Waals surface area contributed by atoms with Gasteiger partial charge in [-0.1, -0.05) is 6.42 Å². The highest BCUT2D eigenvalue weighted by Crippen LogP contribution is 2.24. The van der Waals surface area contributed by atoms with Crippen LogP contribution in [0.4, 0.5) is 13.9 Å². The predicted molar refractivity (Wildman–Crippen MR) is 115 cm³/mol. The van der Waals surface area contributed by atoms with Gasteiger partial charge in [-0.2, -0.15) is 0 Å². The molecule has 6 nitrogen and oxygen atoms in total. The number of aromatic nitrogens is 1. The summed E-state index contributed by atoms with van der Waals surface area (Å²) < 4.78 is 27.0. The largest absolute Gasteiger partial charge is 0.339 e. The quantitative estimate of drug-likeness (QED) is 0.754. The van der Waals surface area contributed by atoms with E-state index in [9.17, 15) is 18.4 Å². The summed E-state index contributed by atoms with van der Waals surface area (Å²) in [5.41, 5.74) is 0.831. The molecule has 1 N–H and O–H groups in total. The lowest BCUT2D eigenvalue weighted by Gasteiger charge is -2.31. The highest BCUT2D eigenvalue weighted by Gasteiger charge is 2.29. The van der Waals surface area contributed by atoms with E-state index < -0.39 is 17.5 Å². The summed E-state index contributed by atoms with van der Waals surface area (Å²) >= 11 is 1.43. The van der Waals surface area contributed by atoms with Crippen LogP contribution in [-0.2, 0) is 11.3 Å². The van der Waals surface area contributed by atoms with Crippen LogP contribution in [0.25, 0.3) is 0 Å². The summed E-state index contributed by atoms with van der Waals surface area (Å²) in [6.07, 6.45) is 4.72. The average molecular weight is 449 g/mol. The molecule has 0 spiro atoms. The Morgan fingerprint density at radius 3 is 2.55 bits per heavy atom. The lowest BCUT2D eigenvalue weighted by molar-refractivity contribution is -0.121. The van der Waals surface area contributed by atoms with Crippen LogP contribution in [-0.4, -0.2) is 52.8 Å². The third kappa shape index (κ3) is 5.46. The molecule has 166 valence electrons. The summed E-state index contributed by atoms with van der Waals surface area (Å²) in [6, 6.07) is 2.95. The van der Waals surface area contributed by atoms with Gasteiger partial charge in [-0.15, -0.1) is 11.3 Å². The van der Waals surface area contributed by atoms with Crippen LogP contribution in [0.1, 0.15) is 48.2 Å². The van der Waals surface area contributed by atoms with Gasteiger partial charge in [0.1, 0.15) is 11.6 Å². The van der Waals surface area contributed by atoms with Crippen LogP contribution < -0.4 is 5.32 Å². The van der Waals surface area contributed by atoms with Gasteiger partial charge in [-0.25, -0.2) is 13.8 Å². The number of amides is 2. The minimum Gasteiger partial charge on any atom is -0.339 e. The van der Waals surface area contributed by atoms with Crippen molar-refractivity contribution in [2.24, 2.45) is 5.92 Å². The topological polar surface area (TPSA) is 65.5 Å². The molecule has 1 aromatic carbocycles. The van der Waals surface area contributed by atoms with E-state index in [1.807, 2.05) is 5.38 Å². The fraction of sp³-hybridized carbons (Fsp3) is 0.500. The average Bonchev–Trinajstić information content (AvgIpc) is 3.20. The summed E-state index contributed by atoms with van der Waals surface area (Å²) in [4.78, 5) is 33.6. The number of benzene rings is 1. The van der Waals surface area contributed by atoms with Crippen molar-refractivity contribution in [2.45, 2.75) is 38.6 Å². The number of hydrogen-bond donors (Lipinski definition) is 1. The van der Waals surface area contributed by atoms with Gasteiger partial charge in [0.2, 0.25) is 5.91 Å². The van der Waals surface area contributed by atoms with Crippen molar-refractivity contribution in [1.29, 1.82) is 0 Å². The lowest BCUT2D eigenvalue weighted by atomic mass is 9.95. The first-order valence-electron chi connectivity index (χ1n) is 10.7. The van der Waals surface area contributed by atoms with Crippen LogP contribution in [0.3, 0.4) is 0 Å². The van der Waals surface area contributed by atoms with Crippen molar-refractivity contribution in [3.8, 4) is 0 Å². The molecule has 9 heteroatoms. The molecule has 0 aliphatic carbocycles. The lowest BCUT2D eigenvalue weighted by Crippen LogP contribution is -2.41. The molecule has 3 heterocycles. The molecule has 2 amide bonds. The van der Waals surface area contributed by atoms with Crippen LogP contribution >= 0.6 is 11.3 Å². The molecule has 4 rings (SSSR count). The molecule has 2 fully saturated rings. The molecule has 2 saturated heterocycles. The van der Waals surface area contributed by atoms with Crippen molar-refractivity contribution in [3.05, 3.63) is 46.5 Å². The van der Waals surface area contributed by atoms with Crippen LogP contribution in [0.5, 0.6) is 0 Å². The second-order valence-electron chi connectivity index (χ2n) is 8.16. The number of nitrogens with one attached hydrogen (secondary N) is 1. The smallest absolute Gasteiger partial charge is 0.256 e. The van der Waals surface area contributed by atoms with Gasteiger partial charge >= 0.3 is 0 Å². The molecule has 0 atom stereocenters. The standard InChI is InChI=1S/C22H26F2N4O2S/c23-16-4-5-18(19(24)12-16)21(30)28-10-6-15(7-11-28)20(29)26-22-25-17(14-31-22)13-27-8-2-1-3-9-27/h4-5,12,14-15H,1-3,6-11,13H2,(H,25,26,29). The van der Waals surface area contributed by atoms with Crippen LogP contribution in [0.15, 0.2) is 23.6 Å². The third-order valence-corrected chi connectivity index (χ3v) is 6.74. The Hall–Kier alpha value is -2.39. The van der Waals surface area contributed by atoms with E-state index in [2.05, 4.69) is 15.2 Å². The number of nitrogens with zero attached hydrogens (tertiary/aromatic N) is 3. The van der Waals surface area contributed by atoms with E-state index >= 15 is 0 Å². The molecular weight excluding hydrogens is 422 g/mol. The predicted octanol–water partition coefficient (Wildman–Crippen LogP) is 3.90. The number of piperidine rings is 2. The number of anilines is 1. The van der Waals surface area contributed by atoms with Gasteiger partial charge in [0.25, 0.3) is 5.91 Å². The second kappa shape index (κ2) is 9.82. The maximum Gasteiger partial charge on any atom is 0.256 e. The normalized spacial score (nSPS) is 18.2. The van der Waals surface area contributed by atoms with Gasteiger partial charge in [0.05, 0.1) is 11.3 Å². The Bertz CT molecular complexity index is 937. The molecule has 1 aromatic heterocycles. The fourth-order valence-electron chi connectivity index (χ4n) is 4.17. The van der Waals surface area contributed by atoms with E-state index in [-0.39, 0.29) is 17.4 Å². The number of carbonyl (C=O) groups excluding carboxylic acids is 2. The van der Waals surface area contributed by atoms with Crippen molar-refractivity contribution in [3.63, 3.8) is 0 Å². The monoisotopic (exact) mass is 448 g/mol. The number of carbonyl (C=O) groups is 2. The number of halogens is 2. The zero-order chi connectivity index (χ0) is 21.8. The van der Waals surface area contributed by atoms with Gasteiger partial charge in [0, 0.05) is 37.0 Å². The van der Waals surface area contributed by atoms with Crippen molar-refractivity contribution in [1.82, 2.24) is 14.8 Å². The Morgan fingerprint density at radius 1 is 1.10 bits per heavy atom. The van der Waals surface area contributed by atoms with E-state index in [0.717, 1.165) is 37.5 Å². The van der Waals surface area contributed by atoms with Gasteiger partial charge in [0.15, 0.2) is 5.13 Å². The Labute approximate surface area is 184 Å². The highest BCUT2D eigenvalue weighted by atomic mass is 32.1. The van der Waals surface area contributed by atoms with Crippen LogP contribution in [0, 0.1) is 17.6 Å².